The predicted octanol–water partition coefficient (Wildman–Crippen LogP) is 4.34. The zero-order chi connectivity index (χ0) is 26.9. The summed E-state index contributed by atoms with van der Waals surface area (Å²) in [5.74, 6) is -0.421. The van der Waals surface area contributed by atoms with Crippen LogP contribution in [0.15, 0.2) is 59.8 Å². The van der Waals surface area contributed by atoms with Crippen LogP contribution in [0.2, 0.25) is 0 Å². The Morgan fingerprint density at radius 2 is 1.73 bits per heavy atom. The van der Waals surface area contributed by atoms with Crippen LogP contribution >= 0.6 is 0 Å². The number of hydrogen-bond donors (Lipinski definition) is 2. The number of nitrogens with one attached hydrogen (secondary N) is 1. The van der Waals surface area contributed by atoms with E-state index in [1.807, 2.05) is 57.5 Å². The molecule has 0 aliphatic rings. The maximum absolute atomic E-state index is 13.2. The van der Waals surface area contributed by atoms with Crippen molar-refractivity contribution >= 4 is 21.7 Å². The molecule has 0 radical (unpaired) electrons. The van der Waals surface area contributed by atoms with Gasteiger partial charge in [0.2, 0.25) is 5.88 Å². The van der Waals surface area contributed by atoms with Gasteiger partial charge in [-0.15, -0.1) is 0 Å². The van der Waals surface area contributed by atoms with Gasteiger partial charge in [-0.25, -0.2) is 14.7 Å². The number of nitrogens with zero attached hydrogens (tertiary/aromatic N) is 4. The summed E-state index contributed by atoms with van der Waals surface area (Å²) in [6.45, 7) is 9.74. The lowest BCUT2D eigenvalue weighted by atomic mass is 10.1. The number of ether oxygens (including phenoxy) is 1. The Morgan fingerprint density at radius 1 is 1.03 bits per heavy atom. The maximum Gasteiger partial charge on any atom is 0.281 e. The van der Waals surface area contributed by atoms with Crippen LogP contribution in [0, 0.1) is 20.8 Å². The number of benzene rings is 1. The lowest BCUT2D eigenvalue weighted by Crippen LogP contribution is -2.31. The van der Waals surface area contributed by atoms with E-state index in [4.69, 9.17) is 10.5 Å². The number of carbonyl (C=O) groups is 1. The van der Waals surface area contributed by atoms with Gasteiger partial charge in [0.1, 0.15) is 17.1 Å². The molecule has 0 unspecified atom stereocenters. The first-order valence-corrected chi connectivity index (χ1v) is 13.0. The van der Waals surface area contributed by atoms with E-state index in [0.717, 1.165) is 22.4 Å². The van der Waals surface area contributed by atoms with Crippen LogP contribution in [-0.2, 0) is 10.0 Å². The predicted molar refractivity (Wildman–Crippen MR) is 140 cm³/mol. The van der Waals surface area contributed by atoms with Crippen LogP contribution in [0.3, 0.4) is 0 Å². The van der Waals surface area contributed by atoms with Gasteiger partial charge in [0, 0.05) is 12.2 Å². The molecule has 0 bridgehead atoms. The Morgan fingerprint density at radius 3 is 2.38 bits per heavy atom. The first-order valence-electron chi connectivity index (χ1n) is 11.6. The molecule has 3 heterocycles. The number of hydrogen-bond acceptors (Lipinski definition) is 8. The van der Waals surface area contributed by atoms with Crippen LogP contribution in [-0.4, -0.2) is 34.1 Å². The first kappa shape index (κ1) is 25.8. The molecule has 0 fully saturated rings. The summed E-state index contributed by atoms with van der Waals surface area (Å²) >= 11 is 0. The minimum atomic E-state index is -4.30. The van der Waals surface area contributed by atoms with E-state index in [-0.39, 0.29) is 28.3 Å². The lowest BCUT2D eigenvalue weighted by Gasteiger charge is -2.16. The van der Waals surface area contributed by atoms with Gasteiger partial charge in [-0.1, -0.05) is 23.8 Å². The molecule has 4 aromatic rings. The van der Waals surface area contributed by atoms with Gasteiger partial charge in [-0.2, -0.15) is 13.5 Å². The van der Waals surface area contributed by atoms with Crippen LogP contribution in [0.1, 0.15) is 46.9 Å². The van der Waals surface area contributed by atoms with Gasteiger partial charge in [0.05, 0.1) is 11.4 Å². The van der Waals surface area contributed by atoms with Crippen molar-refractivity contribution in [1.29, 1.82) is 0 Å². The molecule has 0 saturated heterocycles. The molecule has 4 rings (SSSR count). The van der Waals surface area contributed by atoms with Crippen LogP contribution in [0.5, 0.6) is 11.6 Å². The average Bonchev–Trinajstić information content (AvgIpc) is 3.31. The van der Waals surface area contributed by atoms with E-state index >= 15 is 0 Å². The summed E-state index contributed by atoms with van der Waals surface area (Å²) < 4.78 is 35.7. The Bertz CT molecular complexity index is 1570. The van der Waals surface area contributed by atoms with Crippen molar-refractivity contribution in [2.45, 2.75) is 45.7 Å². The van der Waals surface area contributed by atoms with Crippen molar-refractivity contribution in [2.24, 2.45) is 0 Å². The van der Waals surface area contributed by atoms with E-state index < -0.39 is 15.9 Å². The van der Waals surface area contributed by atoms with Gasteiger partial charge in [0.15, 0.2) is 5.03 Å². The van der Waals surface area contributed by atoms with E-state index in [1.54, 1.807) is 16.9 Å². The maximum atomic E-state index is 13.2. The number of carbonyl (C=O) groups excluding carboxylic acids is 1. The first-order chi connectivity index (χ1) is 17.5. The molecule has 0 atom stereocenters. The number of rotatable bonds is 7. The third kappa shape index (κ3) is 5.46. The third-order valence-electron chi connectivity index (χ3n) is 5.58. The van der Waals surface area contributed by atoms with E-state index in [0.29, 0.717) is 11.4 Å². The lowest BCUT2D eigenvalue weighted by molar-refractivity contribution is 0.0978. The number of aryl methyl sites for hydroxylation is 3. The van der Waals surface area contributed by atoms with E-state index in [1.165, 1.54) is 24.3 Å². The van der Waals surface area contributed by atoms with Crippen molar-refractivity contribution < 1.29 is 17.9 Å². The van der Waals surface area contributed by atoms with Gasteiger partial charge in [0.25, 0.3) is 15.9 Å². The van der Waals surface area contributed by atoms with Crippen molar-refractivity contribution in [1.82, 2.24) is 24.5 Å². The number of pyridine rings is 2. The highest BCUT2D eigenvalue weighted by molar-refractivity contribution is 7.90. The molecule has 0 spiro atoms. The smallest absolute Gasteiger partial charge is 0.281 e. The van der Waals surface area contributed by atoms with Crippen LogP contribution < -0.4 is 15.2 Å². The highest BCUT2D eigenvalue weighted by Gasteiger charge is 2.25. The molecule has 0 saturated carbocycles. The Hall–Kier alpha value is -4.25. The monoisotopic (exact) mass is 520 g/mol. The second-order valence-corrected chi connectivity index (χ2v) is 10.6. The molecule has 0 aliphatic heterocycles. The second kappa shape index (κ2) is 10.0. The van der Waals surface area contributed by atoms with Crippen molar-refractivity contribution in [3.8, 4) is 23.0 Å². The van der Waals surface area contributed by atoms with Crippen molar-refractivity contribution in [3.05, 3.63) is 77.0 Å². The van der Waals surface area contributed by atoms with Crippen molar-refractivity contribution in [2.75, 3.05) is 5.73 Å². The zero-order valence-corrected chi connectivity index (χ0v) is 22.0. The van der Waals surface area contributed by atoms with Gasteiger partial charge < -0.3 is 10.5 Å². The quantitative estimate of drug-likeness (QED) is 0.366. The summed E-state index contributed by atoms with van der Waals surface area (Å²) in [7, 11) is -4.30. The molecule has 0 aliphatic carbocycles. The number of nitrogens with two attached hydrogens (primary N) is 1. The minimum absolute atomic E-state index is 0.0115. The third-order valence-corrected chi connectivity index (χ3v) is 6.81. The summed E-state index contributed by atoms with van der Waals surface area (Å²) in [5.41, 5.74) is 9.54. The molecule has 3 aromatic heterocycles. The van der Waals surface area contributed by atoms with Gasteiger partial charge >= 0.3 is 0 Å². The fourth-order valence-corrected chi connectivity index (χ4v) is 4.94. The molecule has 10 nitrogen and oxygen atoms in total. The summed E-state index contributed by atoms with van der Waals surface area (Å²) in [6, 6.07) is 13.0. The fourth-order valence-electron chi connectivity index (χ4n) is 4.00. The molecular formula is C26H28N6O4S. The Balaban J connectivity index is 1.79. The van der Waals surface area contributed by atoms with Gasteiger partial charge in [-0.05, 0) is 76.1 Å². The highest BCUT2D eigenvalue weighted by atomic mass is 32.2. The topological polar surface area (TPSA) is 142 Å². The van der Waals surface area contributed by atoms with Crippen LogP contribution in [0.25, 0.3) is 11.4 Å². The average molecular weight is 521 g/mol. The SMILES string of the molecule is Cc1cc(C)c(Oc2nc(-c3ccnn3C(C)C)ccc2C(=O)NS(=O)(=O)c2cccc(N)n2)c(C)c1. The summed E-state index contributed by atoms with van der Waals surface area (Å²) in [5, 5.41) is 3.97. The summed E-state index contributed by atoms with van der Waals surface area (Å²) in [4.78, 5) is 21.7. The number of anilines is 1. The molecule has 1 aromatic carbocycles. The molecule has 192 valence electrons. The molecular weight excluding hydrogens is 492 g/mol. The van der Waals surface area contributed by atoms with E-state index in [2.05, 4.69) is 15.1 Å². The molecule has 3 N–H and O–H groups in total. The number of amides is 1. The number of sulfonamides is 1. The standard InChI is InChI=1S/C26H28N6O4S/c1-15(2)32-21(11-12-28-32)20-10-9-19(25(33)31-37(34,35)23-8-6-7-22(27)30-23)26(29-20)36-24-17(4)13-16(3)14-18(24)5/h6-15H,1-5H3,(H2,27,30)(H,31,33). The fraction of sp³-hybridized carbons (Fsp3) is 0.231. The number of aromatic nitrogens is 4. The van der Waals surface area contributed by atoms with Crippen molar-refractivity contribution in [3.63, 3.8) is 0 Å². The van der Waals surface area contributed by atoms with Crippen LogP contribution in [0.4, 0.5) is 5.82 Å². The molecule has 37 heavy (non-hydrogen) atoms. The normalized spacial score (nSPS) is 11.5. The Labute approximate surface area is 215 Å². The Kier molecular flexibility index (Phi) is 6.99. The summed E-state index contributed by atoms with van der Waals surface area (Å²) in [6.07, 6.45) is 1.66. The highest BCUT2D eigenvalue weighted by Crippen LogP contribution is 2.33. The minimum Gasteiger partial charge on any atom is -0.438 e. The van der Waals surface area contributed by atoms with Gasteiger partial charge in [-0.3, -0.25) is 9.48 Å². The second-order valence-electron chi connectivity index (χ2n) is 8.97. The number of nitrogen functional groups attached to an aromatic ring is 1. The molecule has 1 amide bonds. The molecule has 11 heteroatoms. The zero-order valence-electron chi connectivity index (χ0n) is 21.2. The van der Waals surface area contributed by atoms with E-state index in [9.17, 15) is 13.2 Å². The largest absolute Gasteiger partial charge is 0.438 e.